The van der Waals surface area contributed by atoms with Crippen LogP contribution in [0, 0.1) is 11.2 Å². The molecule has 2 amide bonds. The monoisotopic (exact) mass is 545 g/mol. The molecule has 1 fully saturated rings. The zero-order valence-electron chi connectivity index (χ0n) is 21.2. The first-order valence-corrected chi connectivity index (χ1v) is 13.1. The standard InChI is InChI=1S/C28H30Cl2FN3O3/c1-26(2,3)13-20-28(17-9-8-14(29)10-19(17)33-25(28)36)21(16-6-5-7-18(30)22(16)31)23(34-20)24(35)32-15-11-27(4,37)12-15/h5-10,15,20-21,37H,11-13H2,1-4H3,(H,32,35)(H,33,36)/t15-,20-,21+,27+,28+/m1/s1. The summed E-state index contributed by atoms with van der Waals surface area (Å²) in [5, 5.41) is 16.4. The molecule has 3 aliphatic rings. The van der Waals surface area contributed by atoms with Crippen LogP contribution in [0.25, 0.3) is 0 Å². The lowest BCUT2D eigenvalue weighted by atomic mass is 9.62. The Hall–Kier alpha value is -2.48. The van der Waals surface area contributed by atoms with Gasteiger partial charge in [0.25, 0.3) is 5.91 Å². The Morgan fingerprint density at radius 2 is 1.95 bits per heavy atom. The van der Waals surface area contributed by atoms with E-state index in [9.17, 15) is 14.7 Å². The summed E-state index contributed by atoms with van der Waals surface area (Å²) in [6.45, 7) is 7.83. The van der Waals surface area contributed by atoms with E-state index in [4.69, 9.17) is 28.2 Å². The molecule has 0 bridgehead atoms. The van der Waals surface area contributed by atoms with E-state index >= 15 is 4.39 Å². The molecule has 1 aliphatic carbocycles. The summed E-state index contributed by atoms with van der Waals surface area (Å²) in [5.41, 5.74) is -1.11. The maximum Gasteiger partial charge on any atom is 0.266 e. The highest BCUT2D eigenvalue weighted by Gasteiger charge is 2.64. The van der Waals surface area contributed by atoms with Crippen molar-refractivity contribution in [1.82, 2.24) is 5.32 Å². The van der Waals surface area contributed by atoms with Crippen molar-refractivity contribution in [3.05, 3.63) is 63.4 Å². The van der Waals surface area contributed by atoms with Crippen molar-refractivity contribution in [2.75, 3.05) is 5.32 Å². The molecule has 2 aromatic carbocycles. The van der Waals surface area contributed by atoms with Crippen LogP contribution in [0.5, 0.6) is 0 Å². The Morgan fingerprint density at radius 1 is 1.24 bits per heavy atom. The molecule has 0 aromatic heterocycles. The molecule has 0 saturated heterocycles. The number of nitrogens with one attached hydrogen (secondary N) is 2. The van der Waals surface area contributed by atoms with Crippen LogP contribution in [0.1, 0.15) is 64.0 Å². The number of anilines is 1. The second-order valence-corrected chi connectivity index (χ2v) is 12.8. The molecule has 0 radical (unpaired) electrons. The lowest BCUT2D eigenvalue weighted by molar-refractivity contribution is -0.121. The van der Waals surface area contributed by atoms with E-state index in [0.717, 1.165) is 0 Å². The number of aliphatic hydroxyl groups is 1. The molecule has 9 heteroatoms. The second-order valence-electron chi connectivity index (χ2n) is 12.0. The number of hydrogen-bond donors (Lipinski definition) is 3. The number of aliphatic imine (C=N–C) groups is 1. The molecule has 196 valence electrons. The van der Waals surface area contributed by atoms with Crippen molar-refractivity contribution in [3.63, 3.8) is 0 Å². The zero-order chi connectivity index (χ0) is 26.9. The highest BCUT2D eigenvalue weighted by atomic mass is 35.5. The van der Waals surface area contributed by atoms with Crippen LogP contribution in [0.2, 0.25) is 10.0 Å². The summed E-state index contributed by atoms with van der Waals surface area (Å²) >= 11 is 12.4. The van der Waals surface area contributed by atoms with Gasteiger partial charge in [0.05, 0.1) is 22.6 Å². The molecular formula is C28H30Cl2FN3O3. The van der Waals surface area contributed by atoms with Gasteiger partial charge in [0.2, 0.25) is 5.91 Å². The number of fused-ring (bicyclic) bond motifs is 2. The van der Waals surface area contributed by atoms with E-state index in [-0.39, 0.29) is 33.7 Å². The lowest BCUT2D eigenvalue weighted by Gasteiger charge is -2.41. The molecule has 3 atom stereocenters. The molecule has 2 aliphatic heterocycles. The van der Waals surface area contributed by atoms with Crippen LogP contribution in [-0.2, 0) is 15.0 Å². The van der Waals surface area contributed by atoms with Crippen LogP contribution in [0.15, 0.2) is 41.4 Å². The van der Waals surface area contributed by atoms with Gasteiger partial charge in [-0.1, -0.05) is 62.2 Å². The van der Waals surface area contributed by atoms with Crippen LogP contribution >= 0.6 is 23.2 Å². The predicted octanol–water partition coefficient (Wildman–Crippen LogP) is 5.40. The van der Waals surface area contributed by atoms with Gasteiger partial charge in [0.1, 0.15) is 16.9 Å². The molecule has 5 rings (SSSR count). The third kappa shape index (κ3) is 4.35. The van der Waals surface area contributed by atoms with Crippen molar-refractivity contribution in [3.8, 4) is 0 Å². The fourth-order valence-electron chi connectivity index (χ4n) is 6.17. The van der Waals surface area contributed by atoms with Crippen LogP contribution in [-0.4, -0.2) is 40.3 Å². The highest BCUT2D eigenvalue weighted by Crippen LogP contribution is 2.57. The van der Waals surface area contributed by atoms with Crippen LogP contribution in [0.3, 0.4) is 0 Å². The summed E-state index contributed by atoms with van der Waals surface area (Å²) < 4.78 is 15.7. The first kappa shape index (κ1) is 26.1. The van der Waals surface area contributed by atoms with E-state index in [1.54, 1.807) is 37.3 Å². The molecule has 37 heavy (non-hydrogen) atoms. The van der Waals surface area contributed by atoms with Gasteiger partial charge in [0.15, 0.2) is 0 Å². The summed E-state index contributed by atoms with van der Waals surface area (Å²) in [6, 6.07) is 8.84. The van der Waals surface area contributed by atoms with Gasteiger partial charge >= 0.3 is 0 Å². The van der Waals surface area contributed by atoms with Crippen molar-refractivity contribution in [2.24, 2.45) is 10.4 Å². The van der Waals surface area contributed by atoms with Crippen molar-refractivity contribution in [2.45, 2.75) is 76.0 Å². The van der Waals surface area contributed by atoms with Gasteiger partial charge in [-0.3, -0.25) is 14.6 Å². The van der Waals surface area contributed by atoms with Gasteiger partial charge in [0, 0.05) is 22.3 Å². The second kappa shape index (κ2) is 8.79. The van der Waals surface area contributed by atoms with Crippen LogP contribution in [0.4, 0.5) is 10.1 Å². The van der Waals surface area contributed by atoms with Gasteiger partial charge in [-0.05, 0) is 55.4 Å². The molecule has 3 N–H and O–H groups in total. The third-order valence-electron chi connectivity index (χ3n) is 7.64. The molecule has 2 heterocycles. The molecule has 2 aromatic rings. The average Bonchev–Trinajstić information content (AvgIpc) is 3.23. The van der Waals surface area contributed by atoms with E-state index in [1.165, 1.54) is 6.07 Å². The Morgan fingerprint density at radius 3 is 2.59 bits per heavy atom. The summed E-state index contributed by atoms with van der Waals surface area (Å²) in [6.07, 6.45) is 1.28. The third-order valence-corrected chi connectivity index (χ3v) is 8.17. The number of amides is 2. The Labute approximate surface area is 225 Å². The van der Waals surface area contributed by atoms with E-state index in [0.29, 0.717) is 35.5 Å². The van der Waals surface area contributed by atoms with Crippen molar-refractivity contribution in [1.29, 1.82) is 0 Å². The smallest absolute Gasteiger partial charge is 0.266 e. The predicted molar refractivity (Wildman–Crippen MR) is 143 cm³/mol. The maximum atomic E-state index is 15.7. The normalized spacial score (nSPS) is 30.5. The summed E-state index contributed by atoms with van der Waals surface area (Å²) in [5.74, 6) is -2.55. The highest BCUT2D eigenvalue weighted by molar-refractivity contribution is 6.43. The first-order valence-electron chi connectivity index (χ1n) is 12.4. The van der Waals surface area contributed by atoms with Gasteiger partial charge < -0.3 is 15.7 Å². The van der Waals surface area contributed by atoms with E-state index in [2.05, 4.69) is 10.6 Å². The van der Waals surface area contributed by atoms with E-state index < -0.39 is 34.7 Å². The molecule has 6 nitrogen and oxygen atoms in total. The van der Waals surface area contributed by atoms with Crippen molar-refractivity contribution >= 4 is 46.4 Å². The molecule has 0 unspecified atom stereocenters. The van der Waals surface area contributed by atoms with E-state index in [1.807, 2.05) is 20.8 Å². The quantitative estimate of drug-likeness (QED) is 0.480. The topological polar surface area (TPSA) is 90.8 Å². The fraction of sp³-hybridized carbons (Fsp3) is 0.464. The Balaban J connectivity index is 1.71. The lowest BCUT2D eigenvalue weighted by Crippen LogP contribution is -2.55. The molecule has 1 spiro atoms. The van der Waals surface area contributed by atoms with Crippen molar-refractivity contribution < 1.29 is 19.1 Å². The average molecular weight is 546 g/mol. The molecular weight excluding hydrogens is 516 g/mol. The fourth-order valence-corrected chi connectivity index (χ4v) is 6.53. The van der Waals surface area contributed by atoms with Gasteiger partial charge in [-0.2, -0.15) is 0 Å². The largest absolute Gasteiger partial charge is 0.390 e. The maximum absolute atomic E-state index is 15.7. The van der Waals surface area contributed by atoms with Gasteiger partial charge in [-0.15, -0.1) is 0 Å². The summed E-state index contributed by atoms with van der Waals surface area (Å²) in [7, 11) is 0. The zero-order valence-corrected chi connectivity index (χ0v) is 22.7. The summed E-state index contributed by atoms with van der Waals surface area (Å²) in [4.78, 5) is 32.7. The minimum atomic E-state index is -1.38. The van der Waals surface area contributed by atoms with Gasteiger partial charge in [-0.25, -0.2) is 4.39 Å². The van der Waals surface area contributed by atoms with Crippen LogP contribution < -0.4 is 10.6 Å². The number of nitrogens with zero attached hydrogens (tertiary/aromatic N) is 1. The number of benzene rings is 2. The minimum absolute atomic E-state index is 0.0832. The Kier molecular flexibility index (Phi) is 6.21. The number of halogens is 3. The Bertz CT molecular complexity index is 1330. The minimum Gasteiger partial charge on any atom is -0.390 e. The number of hydrogen-bond acceptors (Lipinski definition) is 4. The first-order chi connectivity index (χ1) is 17.2. The number of carbonyl (C=O) groups is 2. The number of carbonyl (C=O) groups excluding carboxylic acids is 2. The SMILES string of the molecule is CC(C)(C)C[C@H]1N=C(C(=O)N[C@H]2C[C@@](C)(O)C2)[C@H](c2cccc(Cl)c2F)[C@@]12C(=O)Nc1cc(Cl)ccc12. The molecule has 1 saturated carbocycles. The number of rotatable bonds is 4.